The van der Waals surface area contributed by atoms with Crippen molar-refractivity contribution in [2.45, 2.75) is 53.4 Å². The van der Waals surface area contributed by atoms with Crippen molar-refractivity contribution in [2.24, 2.45) is 34.5 Å². The zero-order chi connectivity index (χ0) is 10.1. The first kappa shape index (κ1) is 9.24. The fourth-order valence-electron chi connectivity index (χ4n) is 5.05. The van der Waals surface area contributed by atoms with Crippen LogP contribution in [-0.2, 0) is 0 Å². The van der Waals surface area contributed by atoms with E-state index in [0.29, 0.717) is 10.8 Å². The second-order valence-corrected chi connectivity index (χ2v) is 7.80. The Kier molecular flexibility index (Phi) is 1.58. The van der Waals surface area contributed by atoms with Crippen LogP contribution in [0.15, 0.2) is 0 Å². The molecule has 4 aliphatic rings. The van der Waals surface area contributed by atoms with E-state index in [-0.39, 0.29) is 0 Å². The van der Waals surface area contributed by atoms with Gasteiger partial charge in [-0.15, -0.1) is 0 Å². The van der Waals surface area contributed by atoms with Gasteiger partial charge in [-0.25, -0.2) is 0 Å². The Hall–Kier alpha value is 0. The average Bonchev–Trinajstić information content (AvgIpc) is 2.04. The molecule has 4 aliphatic carbocycles. The van der Waals surface area contributed by atoms with E-state index in [1.54, 1.807) is 0 Å². The number of fused-ring (bicyclic) bond motifs is 2. The molecule has 0 heterocycles. The smallest absolute Gasteiger partial charge is 0.0346 e. The van der Waals surface area contributed by atoms with E-state index in [0.717, 1.165) is 23.7 Å². The number of hydrogen-bond acceptors (Lipinski definition) is 0. The van der Waals surface area contributed by atoms with Gasteiger partial charge in [-0.2, -0.15) is 0 Å². The first-order chi connectivity index (χ1) is 6.38. The summed E-state index contributed by atoms with van der Waals surface area (Å²) < 4.78 is 0. The molecule has 0 aromatic heterocycles. The predicted molar refractivity (Wildman–Crippen MR) is 60.0 cm³/mol. The molecule has 4 fully saturated rings. The van der Waals surface area contributed by atoms with Crippen molar-refractivity contribution >= 4 is 0 Å². The number of rotatable bonds is 0. The highest BCUT2D eigenvalue weighted by molar-refractivity contribution is 5.10. The van der Waals surface area contributed by atoms with Crippen molar-refractivity contribution in [3.8, 4) is 0 Å². The SMILES string of the molecule is CC1(C)CC2C3CC(C)(C)CC2C3C1. The molecule has 0 aliphatic heterocycles. The summed E-state index contributed by atoms with van der Waals surface area (Å²) in [4.78, 5) is 0. The summed E-state index contributed by atoms with van der Waals surface area (Å²) in [6.07, 6.45) is 6.09. The lowest BCUT2D eigenvalue weighted by atomic mass is 9.38. The van der Waals surface area contributed by atoms with Crippen LogP contribution in [0.25, 0.3) is 0 Å². The quantitative estimate of drug-likeness (QED) is 0.542. The molecule has 0 amide bonds. The molecular formula is C14H24. The molecule has 0 atom stereocenters. The zero-order valence-electron chi connectivity index (χ0n) is 10.1. The Labute approximate surface area is 88.5 Å². The highest BCUT2D eigenvalue weighted by Gasteiger charge is 2.61. The third kappa shape index (κ3) is 1.12. The van der Waals surface area contributed by atoms with E-state index >= 15 is 0 Å². The van der Waals surface area contributed by atoms with Crippen molar-refractivity contribution < 1.29 is 0 Å². The molecule has 4 bridgehead atoms. The summed E-state index contributed by atoms with van der Waals surface area (Å²) in [5.41, 5.74) is 1.34. The van der Waals surface area contributed by atoms with Gasteiger partial charge in [0.2, 0.25) is 0 Å². The largest absolute Gasteiger partial charge is 0.0599 e. The standard InChI is InChI=1S/C14H24/c1-13(2)5-9-11-7-14(3,4)8-12(9)10(11)6-13/h9-12H,5-8H2,1-4H3. The molecule has 0 N–H and O–H groups in total. The summed E-state index contributed by atoms with van der Waals surface area (Å²) in [5.74, 6) is 4.49. The topological polar surface area (TPSA) is 0 Å². The van der Waals surface area contributed by atoms with Crippen LogP contribution in [0.5, 0.6) is 0 Å². The molecule has 0 unspecified atom stereocenters. The normalized spacial score (nSPS) is 52.3. The van der Waals surface area contributed by atoms with Crippen LogP contribution in [0.3, 0.4) is 0 Å². The molecule has 0 spiro atoms. The second kappa shape index (κ2) is 2.39. The Morgan fingerprint density at radius 2 is 0.786 bits per heavy atom. The Morgan fingerprint density at radius 3 is 1.00 bits per heavy atom. The minimum atomic E-state index is 0.670. The fourth-order valence-corrected chi connectivity index (χ4v) is 5.05. The highest BCUT2D eigenvalue weighted by atomic mass is 14.7. The molecule has 4 saturated carbocycles. The summed E-state index contributed by atoms with van der Waals surface area (Å²) in [6.45, 7) is 9.91. The molecule has 0 heteroatoms. The first-order valence-electron chi connectivity index (χ1n) is 6.38. The molecule has 0 radical (unpaired) electrons. The van der Waals surface area contributed by atoms with Gasteiger partial charge in [0.1, 0.15) is 0 Å². The highest BCUT2D eigenvalue weighted by Crippen LogP contribution is 2.69. The molecule has 0 aromatic carbocycles. The lowest BCUT2D eigenvalue weighted by Crippen LogP contribution is -2.60. The maximum atomic E-state index is 2.48. The van der Waals surface area contributed by atoms with Gasteiger partial charge in [-0.05, 0) is 60.2 Å². The van der Waals surface area contributed by atoms with Gasteiger partial charge in [0.15, 0.2) is 0 Å². The monoisotopic (exact) mass is 192 g/mol. The van der Waals surface area contributed by atoms with Crippen LogP contribution >= 0.6 is 0 Å². The lowest BCUT2D eigenvalue weighted by Gasteiger charge is -2.67. The lowest BCUT2D eigenvalue weighted by molar-refractivity contribution is -0.183. The summed E-state index contributed by atoms with van der Waals surface area (Å²) in [6, 6.07) is 0. The van der Waals surface area contributed by atoms with E-state index < -0.39 is 0 Å². The summed E-state index contributed by atoms with van der Waals surface area (Å²) in [5, 5.41) is 0. The van der Waals surface area contributed by atoms with Crippen LogP contribution < -0.4 is 0 Å². The Bertz CT molecular complexity index is 201. The van der Waals surface area contributed by atoms with Crippen molar-refractivity contribution in [1.82, 2.24) is 0 Å². The predicted octanol–water partition coefficient (Wildman–Crippen LogP) is 4.10. The molecular weight excluding hydrogens is 168 g/mol. The molecule has 0 saturated heterocycles. The first-order valence-corrected chi connectivity index (χ1v) is 6.38. The van der Waals surface area contributed by atoms with E-state index in [1.165, 1.54) is 25.7 Å². The van der Waals surface area contributed by atoms with Crippen LogP contribution in [0.4, 0.5) is 0 Å². The van der Waals surface area contributed by atoms with Gasteiger partial charge in [0.05, 0.1) is 0 Å². The van der Waals surface area contributed by atoms with Crippen molar-refractivity contribution in [3.05, 3.63) is 0 Å². The summed E-state index contributed by atoms with van der Waals surface area (Å²) >= 11 is 0. The maximum Gasteiger partial charge on any atom is -0.0346 e. The minimum absolute atomic E-state index is 0.670. The van der Waals surface area contributed by atoms with E-state index in [1.807, 2.05) is 0 Å². The Morgan fingerprint density at radius 1 is 0.571 bits per heavy atom. The zero-order valence-corrected chi connectivity index (χ0v) is 10.1. The summed E-state index contributed by atoms with van der Waals surface area (Å²) in [7, 11) is 0. The fraction of sp³-hybridized carbons (Fsp3) is 1.00. The van der Waals surface area contributed by atoms with Crippen LogP contribution in [0, 0.1) is 34.5 Å². The van der Waals surface area contributed by atoms with E-state index in [2.05, 4.69) is 27.7 Å². The minimum Gasteiger partial charge on any atom is -0.0599 e. The van der Waals surface area contributed by atoms with Crippen molar-refractivity contribution in [3.63, 3.8) is 0 Å². The van der Waals surface area contributed by atoms with Crippen LogP contribution in [-0.4, -0.2) is 0 Å². The number of hydrogen-bond donors (Lipinski definition) is 0. The third-order valence-corrected chi connectivity index (χ3v) is 5.35. The van der Waals surface area contributed by atoms with Crippen molar-refractivity contribution in [1.29, 1.82) is 0 Å². The van der Waals surface area contributed by atoms with Gasteiger partial charge < -0.3 is 0 Å². The average molecular weight is 192 g/mol. The molecule has 0 nitrogen and oxygen atoms in total. The molecule has 14 heavy (non-hydrogen) atoms. The van der Waals surface area contributed by atoms with E-state index in [9.17, 15) is 0 Å². The van der Waals surface area contributed by atoms with Gasteiger partial charge in [-0.3, -0.25) is 0 Å². The van der Waals surface area contributed by atoms with Crippen molar-refractivity contribution in [2.75, 3.05) is 0 Å². The van der Waals surface area contributed by atoms with Gasteiger partial charge in [0.25, 0.3) is 0 Å². The second-order valence-electron chi connectivity index (χ2n) is 7.80. The van der Waals surface area contributed by atoms with Crippen LogP contribution in [0.1, 0.15) is 53.4 Å². The maximum absolute atomic E-state index is 2.48. The molecule has 0 aromatic rings. The molecule has 4 rings (SSSR count). The Balaban J connectivity index is 1.79. The molecule has 80 valence electrons. The van der Waals surface area contributed by atoms with Gasteiger partial charge in [-0.1, -0.05) is 27.7 Å². The third-order valence-electron chi connectivity index (χ3n) is 5.35. The van der Waals surface area contributed by atoms with E-state index in [4.69, 9.17) is 0 Å². The van der Waals surface area contributed by atoms with Gasteiger partial charge >= 0.3 is 0 Å². The van der Waals surface area contributed by atoms with Gasteiger partial charge in [0, 0.05) is 0 Å². The van der Waals surface area contributed by atoms with Crippen LogP contribution in [0.2, 0.25) is 0 Å².